The lowest BCUT2D eigenvalue weighted by atomic mass is 10.1. The van der Waals surface area contributed by atoms with E-state index < -0.39 is 6.10 Å². The van der Waals surface area contributed by atoms with E-state index in [9.17, 15) is 14.7 Å². The molecule has 1 unspecified atom stereocenters. The number of H-pyrrole nitrogens is 1. The number of aliphatic hydroxyl groups is 1. The van der Waals surface area contributed by atoms with Crippen LogP contribution >= 0.6 is 0 Å². The summed E-state index contributed by atoms with van der Waals surface area (Å²) < 4.78 is 0. The van der Waals surface area contributed by atoms with E-state index in [0.29, 0.717) is 42.5 Å². The molecule has 0 aliphatic carbocycles. The number of hydrogen-bond acceptors (Lipinski definition) is 4. The first-order valence-electron chi connectivity index (χ1n) is 8.34. The van der Waals surface area contributed by atoms with Crippen molar-refractivity contribution >= 4 is 16.8 Å². The maximum Gasteiger partial charge on any atom is 0.258 e. The quantitative estimate of drug-likeness (QED) is 0.811. The number of para-hydroxylation sites is 1. The van der Waals surface area contributed by atoms with E-state index >= 15 is 0 Å². The van der Waals surface area contributed by atoms with Gasteiger partial charge in [0.05, 0.1) is 17.0 Å². The van der Waals surface area contributed by atoms with Crippen LogP contribution in [0.25, 0.3) is 10.9 Å². The zero-order chi connectivity index (χ0) is 17.7. The number of carbonyl (C=O) groups is 1. The minimum Gasteiger partial charge on any atom is -0.392 e. The number of carbonyl (C=O) groups excluding carboxylic acids is 1. The summed E-state index contributed by atoms with van der Waals surface area (Å²) in [6.07, 6.45) is 0.951. The van der Waals surface area contributed by atoms with E-state index in [4.69, 9.17) is 0 Å². The van der Waals surface area contributed by atoms with Crippen molar-refractivity contribution in [1.29, 1.82) is 0 Å². The average Bonchev–Trinajstić information content (AvgIpc) is 2.52. The summed E-state index contributed by atoms with van der Waals surface area (Å²) in [6, 6.07) is 7.25. The molecule has 0 aliphatic heterocycles. The highest BCUT2D eigenvalue weighted by molar-refractivity contribution is 5.77. The van der Waals surface area contributed by atoms with Gasteiger partial charge in [-0.15, -0.1) is 0 Å². The predicted octanol–water partition coefficient (Wildman–Crippen LogP) is 1.86. The minimum absolute atomic E-state index is 0.00837. The molecule has 1 heterocycles. The molecule has 0 saturated carbocycles. The largest absolute Gasteiger partial charge is 0.392 e. The number of hydrogen-bond donors (Lipinski definition) is 2. The first-order valence-corrected chi connectivity index (χ1v) is 8.34. The third kappa shape index (κ3) is 4.64. The Morgan fingerprint density at radius 2 is 2.00 bits per heavy atom. The monoisotopic (exact) mass is 331 g/mol. The Kier molecular flexibility index (Phi) is 6.09. The number of benzene rings is 1. The van der Waals surface area contributed by atoms with E-state index in [1.807, 2.05) is 26.0 Å². The van der Waals surface area contributed by atoms with Crippen molar-refractivity contribution in [3.8, 4) is 0 Å². The summed E-state index contributed by atoms with van der Waals surface area (Å²) in [5.41, 5.74) is 0.514. The molecule has 6 heteroatoms. The van der Waals surface area contributed by atoms with Crippen LogP contribution < -0.4 is 5.56 Å². The molecule has 0 aliphatic rings. The molecule has 6 nitrogen and oxygen atoms in total. The lowest BCUT2D eigenvalue weighted by molar-refractivity contribution is -0.134. The van der Waals surface area contributed by atoms with Crippen LogP contribution in [0.3, 0.4) is 0 Å². The van der Waals surface area contributed by atoms with Gasteiger partial charge in [-0.2, -0.15) is 0 Å². The zero-order valence-electron chi connectivity index (χ0n) is 14.5. The van der Waals surface area contributed by atoms with Gasteiger partial charge in [0.2, 0.25) is 5.91 Å². The molecule has 1 atom stereocenters. The zero-order valence-corrected chi connectivity index (χ0v) is 14.5. The summed E-state index contributed by atoms with van der Waals surface area (Å²) in [4.78, 5) is 33.2. The van der Waals surface area contributed by atoms with E-state index in [1.165, 1.54) is 0 Å². The van der Waals surface area contributed by atoms with E-state index in [-0.39, 0.29) is 17.5 Å². The molecule has 0 radical (unpaired) electrons. The molecule has 0 bridgehead atoms. The molecule has 1 amide bonds. The lowest BCUT2D eigenvalue weighted by Gasteiger charge is -2.28. The summed E-state index contributed by atoms with van der Waals surface area (Å²) in [5, 5.41) is 10.1. The second-order valence-electron chi connectivity index (χ2n) is 6.37. The minimum atomic E-state index is -0.546. The highest BCUT2D eigenvalue weighted by Gasteiger charge is 2.18. The molecule has 0 fully saturated rings. The first kappa shape index (κ1) is 18.1. The maximum absolute atomic E-state index is 12.3. The third-order valence-corrected chi connectivity index (χ3v) is 3.87. The molecule has 1 aromatic carbocycles. The Labute approximate surface area is 141 Å². The summed E-state index contributed by atoms with van der Waals surface area (Å²) >= 11 is 0. The predicted molar refractivity (Wildman–Crippen MR) is 93.8 cm³/mol. The summed E-state index contributed by atoms with van der Waals surface area (Å²) in [5.74, 6) is 0.604. The van der Waals surface area contributed by atoms with Gasteiger partial charge in [0.25, 0.3) is 5.56 Å². The Morgan fingerprint density at radius 1 is 1.29 bits per heavy atom. The Balaban J connectivity index is 1.98. The lowest BCUT2D eigenvalue weighted by Crippen LogP contribution is -2.41. The average molecular weight is 331 g/mol. The SMILES string of the molecule is CC(O)CN(C(=O)CCCc1nc2ccccc2c(=O)[nH]1)C(C)C. The van der Waals surface area contributed by atoms with Gasteiger partial charge in [0, 0.05) is 25.4 Å². The van der Waals surface area contributed by atoms with E-state index in [2.05, 4.69) is 9.97 Å². The van der Waals surface area contributed by atoms with Gasteiger partial charge < -0.3 is 15.0 Å². The maximum atomic E-state index is 12.3. The van der Waals surface area contributed by atoms with Crippen LogP contribution in [0.1, 0.15) is 39.4 Å². The number of rotatable bonds is 7. The van der Waals surface area contributed by atoms with Crippen molar-refractivity contribution in [2.45, 2.75) is 52.2 Å². The van der Waals surface area contributed by atoms with E-state index in [0.717, 1.165) is 0 Å². The number of amides is 1. The van der Waals surface area contributed by atoms with Gasteiger partial charge in [0.15, 0.2) is 0 Å². The molecular weight excluding hydrogens is 306 g/mol. The fourth-order valence-electron chi connectivity index (χ4n) is 2.69. The molecule has 1 aromatic heterocycles. The summed E-state index contributed by atoms with van der Waals surface area (Å²) in [6.45, 7) is 5.87. The third-order valence-electron chi connectivity index (χ3n) is 3.87. The Bertz CT molecular complexity index is 753. The van der Waals surface area contributed by atoms with Gasteiger partial charge in [-0.05, 0) is 39.3 Å². The van der Waals surface area contributed by atoms with Crippen molar-refractivity contribution in [1.82, 2.24) is 14.9 Å². The van der Waals surface area contributed by atoms with Crippen LogP contribution in [0.5, 0.6) is 0 Å². The highest BCUT2D eigenvalue weighted by atomic mass is 16.3. The van der Waals surface area contributed by atoms with Crippen LogP contribution in [0, 0.1) is 0 Å². The summed E-state index contributed by atoms with van der Waals surface area (Å²) in [7, 11) is 0. The number of aromatic amines is 1. The van der Waals surface area contributed by atoms with Gasteiger partial charge in [-0.3, -0.25) is 9.59 Å². The number of nitrogens with zero attached hydrogens (tertiary/aromatic N) is 2. The normalized spacial score (nSPS) is 12.5. The standard InChI is InChI=1S/C18H25N3O3/c1-12(2)21(11-13(3)22)17(23)10-6-9-16-19-15-8-5-4-7-14(15)18(24)20-16/h4-5,7-8,12-13,22H,6,9-11H2,1-3H3,(H,19,20,24). The van der Waals surface area contributed by atoms with Gasteiger partial charge in [-0.25, -0.2) is 4.98 Å². The van der Waals surface area contributed by atoms with Crippen molar-refractivity contribution < 1.29 is 9.90 Å². The molecule has 0 saturated heterocycles. The molecule has 2 rings (SSSR count). The van der Waals surface area contributed by atoms with Gasteiger partial charge >= 0.3 is 0 Å². The van der Waals surface area contributed by atoms with Crippen molar-refractivity contribution in [2.24, 2.45) is 0 Å². The Hall–Kier alpha value is -2.21. The number of nitrogens with one attached hydrogen (secondary N) is 1. The topological polar surface area (TPSA) is 86.3 Å². The van der Waals surface area contributed by atoms with Crippen LogP contribution in [-0.4, -0.2) is 44.6 Å². The second-order valence-corrected chi connectivity index (χ2v) is 6.37. The van der Waals surface area contributed by atoms with Crippen LogP contribution in [0.2, 0.25) is 0 Å². The number of aromatic nitrogens is 2. The molecule has 130 valence electrons. The van der Waals surface area contributed by atoms with Crippen LogP contribution in [0.4, 0.5) is 0 Å². The van der Waals surface area contributed by atoms with Gasteiger partial charge in [0.1, 0.15) is 5.82 Å². The van der Waals surface area contributed by atoms with Crippen LogP contribution in [0.15, 0.2) is 29.1 Å². The highest BCUT2D eigenvalue weighted by Crippen LogP contribution is 2.09. The fourth-order valence-corrected chi connectivity index (χ4v) is 2.69. The molecule has 2 N–H and O–H groups in total. The molecule has 0 spiro atoms. The van der Waals surface area contributed by atoms with E-state index in [1.54, 1.807) is 24.0 Å². The molecular formula is C18H25N3O3. The molecule has 24 heavy (non-hydrogen) atoms. The van der Waals surface area contributed by atoms with Crippen molar-refractivity contribution in [3.05, 3.63) is 40.4 Å². The first-order chi connectivity index (χ1) is 11.4. The second kappa shape index (κ2) is 8.06. The smallest absolute Gasteiger partial charge is 0.258 e. The van der Waals surface area contributed by atoms with Crippen molar-refractivity contribution in [2.75, 3.05) is 6.54 Å². The number of aryl methyl sites for hydroxylation is 1. The van der Waals surface area contributed by atoms with Crippen molar-refractivity contribution in [3.63, 3.8) is 0 Å². The Morgan fingerprint density at radius 3 is 2.67 bits per heavy atom. The van der Waals surface area contributed by atoms with Gasteiger partial charge in [-0.1, -0.05) is 12.1 Å². The number of aliphatic hydroxyl groups excluding tert-OH is 1. The van der Waals surface area contributed by atoms with Crippen LogP contribution in [-0.2, 0) is 11.2 Å². The molecule has 2 aromatic rings. The fraction of sp³-hybridized carbons (Fsp3) is 0.500. The number of fused-ring (bicyclic) bond motifs is 1.